The predicted octanol–water partition coefficient (Wildman–Crippen LogP) is 1.29. The maximum atomic E-state index is 12.8. The van der Waals surface area contributed by atoms with Crippen molar-refractivity contribution >= 4 is 20.0 Å². The van der Waals surface area contributed by atoms with Crippen LogP contribution in [-0.2, 0) is 24.8 Å². The summed E-state index contributed by atoms with van der Waals surface area (Å²) in [6.45, 7) is 3.57. The van der Waals surface area contributed by atoms with E-state index in [2.05, 4.69) is 0 Å². The fourth-order valence-corrected chi connectivity index (χ4v) is 6.58. The van der Waals surface area contributed by atoms with Crippen LogP contribution in [-0.4, -0.2) is 76.7 Å². The molecule has 3 rings (SSSR count). The Morgan fingerprint density at radius 2 is 1.64 bits per heavy atom. The molecule has 2 fully saturated rings. The molecule has 1 atom stereocenters. The molecule has 8 nitrogen and oxygen atoms in total. The Kier molecular flexibility index (Phi) is 6.98. The normalized spacial score (nSPS) is 22.8. The summed E-state index contributed by atoms with van der Waals surface area (Å²) in [7, 11) is -7.12. The standard InChI is InChI=1S/C18H28N2O6S2/c1-2-25-16-6-8-18(9-7-16)28(23,24)20-12-10-19(11-13-20)27(21,22)15-17-5-3-4-14-26-17/h6-9,17H,2-5,10-15H2,1H3. The number of nitrogens with zero attached hydrogens (tertiary/aromatic N) is 2. The molecule has 0 radical (unpaired) electrons. The van der Waals surface area contributed by atoms with E-state index in [1.165, 1.54) is 20.7 Å². The summed E-state index contributed by atoms with van der Waals surface area (Å²) in [5.74, 6) is 0.584. The smallest absolute Gasteiger partial charge is 0.243 e. The molecule has 2 aliphatic rings. The van der Waals surface area contributed by atoms with Gasteiger partial charge in [0.2, 0.25) is 20.0 Å². The first-order chi connectivity index (χ1) is 13.3. The minimum absolute atomic E-state index is 0.0291. The van der Waals surface area contributed by atoms with Crippen molar-refractivity contribution in [3.05, 3.63) is 24.3 Å². The van der Waals surface area contributed by atoms with Crippen LogP contribution in [0.25, 0.3) is 0 Å². The number of benzene rings is 1. The van der Waals surface area contributed by atoms with Crippen LogP contribution in [0, 0.1) is 0 Å². The van der Waals surface area contributed by atoms with Gasteiger partial charge in [-0.05, 0) is 50.5 Å². The molecule has 2 heterocycles. The van der Waals surface area contributed by atoms with E-state index in [-0.39, 0.29) is 42.9 Å². The lowest BCUT2D eigenvalue weighted by Gasteiger charge is -2.34. The third-order valence-corrected chi connectivity index (χ3v) is 8.89. The van der Waals surface area contributed by atoms with Crippen molar-refractivity contribution in [2.75, 3.05) is 45.1 Å². The Balaban J connectivity index is 1.60. The first-order valence-electron chi connectivity index (χ1n) is 9.65. The summed E-state index contributed by atoms with van der Waals surface area (Å²) >= 11 is 0. The summed E-state index contributed by atoms with van der Waals surface area (Å²) in [6.07, 6.45) is 2.45. The second-order valence-electron chi connectivity index (χ2n) is 6.97. The molecule has 0 saturated carbocycles. The van der Waals surface area contributed by atoms with Crippen molar-refractivity contribution in [2.24, 2.45) is 0 Å². The van der Waals surface area contributed by atoms with Gasteiger partial charge in [0, 0.05) is 32.8 Å². The van der Waals surface area contributed by atoms with Gasteiger partial charge in [-0.25, -0.2) is 16.8 Å². The van der Waals surface area contributed by atoms with Crippen molar-refractivity contribution in [1.29, 1.82) is 0 Å². The highest BCUT2D eigenvalue weighted by Crippen LogP contribution is 2.22. The fourth-order valence-electron chi connectivity index (χ4n) is 3.49. The molecular weight excluding hydrogens is 404 g/mol. The summed E-state index contributed by atoms with van der Waals surface area (Å²) in [5, 5.41) is 0. The van der Waals surface area contributed by atoms with Gasteiger partial charge in [-0.2, -0.15) is 8.61 Å². The molecular formula is C18H28N2O6S2. The molecule has 28 heavy (non-hydrogen) atoms. The van der Waals surface area contributed by atoms with Gasteiger partial charge in [-0.3, -0.25) is 0 Å². The van der Waals surface area contributed by atoms with Crippen molar-refractivity contribution < 1.29 is 26.3 Å². The highest BCUT2D eigenvalue weighted by atomic mass is 32.2. The zero-order chi connectivity index (χ0) is 20.2. The zero-order valence-corrected chi connectivity index (χ0v) is 17.8. The van der Waals surface area contributed by atoms with Crippen molar-refractivity contribution in [1.82, 2.24) is 8.61 Å². The first-order valence-corrected chi connectivity index (χ1v) is 12.7. The zero-order valence-electron chi connectivity index (χ0n) is 16.1. The SMILES string of the molecule is CCOc1ccc(S(=O)(=O)N2CCN(S(=O)(=O)CC3CCCCO3)CC2)cc1. The maximum absolute atomic E-state index is 12.8. The van der Waals surface area contributed by atoms with Crippen LogP contribution in [0.3, 0.4) is 0 Å². The van der Waals surface area contributed by atoms with Crippen LogP contribution in [0.2, 0.25) is 0 Å². The molecule has 0 aromatic heterocycles. The van der Waals surface area contributed by atoms with Crippen molar-refractivity contribution in [3.8, 4) is 5.75 Å². The van der Waals surface area contributed by atoms with Crippen LogP contribution >= 0.6 is 0 Å². The largest absolute Gasteiger partial charge is 0.494 e. The van der Waals surface area contributed by atoms with Crippen LogP contribution in [0.1, 0.15) is 26.2 Å². The third kappa shape index (κ3) is 5.04. The van der Waals surface area contributed by atoms with Gasteiger partial charge < -0.3 is 9.47 Å². The lowest BCUT2D eigenvalue weighted by Crippen LogP contribution is -2.51. The number of ether oxygens (including phenoxy) is 2. The Bertz CT molecular complexity index is 841. The minimum Gasteiger partial charge on any atom is -0.494 e. The van der Waals surface area contributed by atoms with E-state index < -0.39 is 20.0 Å². The Morgan fingerprint density at radius 1 is 1.00 bits per heavy atom. The van der Waals surface area contributed by atoms with E-state index in [0.29, 0.717) is 19.0 Å². The monoisotopic (exact) mass is 432 g/mol. The molecule has 2 saturated heterocycles. The lowest BCUT2D eigenvalue weighted by atomic mass is 10.1. The molecule has 0 N–H and O–H groups in total. The van der Waals surface area contributed by atoms with Crippen molar-refractivity contribution in [2.45, 2.75) is 37.2 Å². The van der Waals surface area contributed by atoms with Gasteiger partial charge in [0.1, 0.15) is 5.75 Å². The molecule has 1 aromatic carbocycles. The molecule has 0 aliphatic carbocycles. The lowest BCUT2D eigenvalue weighted by molar-refractivity contribution is 0.0297. The van der Waals surface area contributed by atoms with Crippen LogP contribution < -0.4 is 4.74 Å². The quantitative estimate of drug-likeness (QED) is 0.645. The number of hydrogen-bond acceptors (Lipinski definition) is 6. The highest BCUT2D eigenvalue weighted by Gasteiger charge is 2.34. The highest BCUT2D eigenvalue weighted by molar-refractivity contribution is 7.89. The van der Waals surface area contributed by atoms with Gasteiger partial charge in [-0.15, -0.1) is 0 Å². The fraction of sp³-hybridized carbons (Fsp3) is 0.667. The second kappa shape index (κ2) is 9.08. The van der Waals surface area contributed by atoms with E-state index in [1.54, 1.807) is 12.1 Å². The number of sulfonamides is 2. The van der Waals surface area contributed by atoms with Gasteiger partial charge in [0.15, 0.2) is 0 Å². The molecule has 0 bridgehead atoms. The number of hydrogen-bond donors (Lipinski definition) is 0. The van der Waals surface area contributed by atoms with Gasteiger partial charge in [-0.1, -0.05) is 0 Å². The van der Waals surface area contributed by atoms with E-state index >= 15 is 0 Å². The van der Waals surface area contributed by atoms with E-state index in [9.17, 15) is 16.8 Å². The molecule has 10 heteroatoms. The summed E-state index contributed by atoms with van der Waals surface area (Å²) in [4.78, 5) is 0.183. The predicted molar refractivity (Wildman–Crippen MR) is 105 cm³/mol. The number of rotatable bonds is 7. The maximum Gasteiger partial charge on any atom is 0.243 e. The molecule has 2 aliphatic heterocycles. The molecule has 1 unspecified atom stereocenters. The van der Waals surface area contributed by atoms with Crippen LogP contribution in [0.5, 0.6) is 5.75 Å². The van der Waals surface area contributed by atoms with E-state index in [4.69, 9.17) is 9.47 Å². The second-order valence-corrected chi connectivity index (χ2v) is 10.9. The van der Waals surface area contributed by atoms with Gasteiger partial charge >= 0.3 is 0 Å². The van der Waals surface area contributed by atoms with Gasteiger partial charge in [0.05, 0.1) is 23.4 Å². The molecule has 1 aromatic rings. The summed E-state index contributed by atoms with van der Waals surface area (Å²) < 4.78 is 64.5. The third-order valence-electron chi connectivity index (χ3n) is 5.03. The van der Waals surface area contributed by atoms with Crippen molar-refractivity contribution in [3.63, 3.8) is 0 Å². The molecule has 0 spiro atoms. The van der Waals surface area contributed by atoms with E-state index in [1.807, 2.05) is 6.92 Å². The first kappa shape index (κ1) is 21.5. The number of piperazine rings is 1. The average molecular weight is 433 g/mol. The molecule has 0 amide bonds. The summed E-state index contributed by atoms with van der Waals surface area (Å²) in [5.41, 5.74) is 0. The minimum atomic E-state index is -3.66. The van der Waals surface area contributed by atoms with E-state index in [0.717, 1.165) is 19.3 Å². The Morgan fingerprint density at radius 3 is 2.21 bits per heavy atom. The van der Waals surface area contributed by atoms with Gasteiger partial charge in [0.25, 0.3) is 0 Å². The average Bonchev–Trinajstić information content (AvgIpc) is 2.69. The molecule has 158 valence electrons. The Hall–Kier alpha value is -1.20. The summed E-state index contributed by atoms with van der Waals surface area (Å²) in [6, 6.07) is 6.29. The van der Waals surface area contributed by atoms with Crippen LogP contribution in [0.4, 0.5) is 0 Å². The van der Waals surface area contributed by atoms with Crippen LogP contribution in [0.15, 0.2) is 29.2 Å². The Labute approximate surface area is 167 Å². The topological polar surface area (TPSA) is 93.2 Å².